The van der Waals surface area contributed by atoms with E-state index in [0.29, 0.717) is 23.9 Å². The Bertz CT molecular complexity index is 907. The fraction of sp³-hybridized carbons (Fsp3) is 0.375. The number of piperidine rings is 1. The number of rotatable bonds is 4. The Morgan fingerprint density at radius 3 is 2.59 bits per heavy atom. The van der Waals surface area contributed by atoms with Gasteiger partial charge in [0.1, 0.15) is 6.10 Å². The summed E-state index contributed by atoms with van der Waals surface area (Å²) in [6, 6.07) is 3.76. The number of alkyl halides is 3. The van der Waals surface area contributed by atoms with Gasteiger partial charge >= 0.3 is 12.2 Å². The Labute approximate surface area is 159 Å². The molecule has 1 aliphatic heterocycles. The van der Waals surface area contributed by atoms with Crippen molar-refractivity contribution >= 4 is 21.6 Å². The lowest BCUT2D eigenvalue weighted by molar-refractivity contribution is -0.137. The summed E-state index contributed by atoms with van der Waals surface area (Å²) in [6.07, 6.45) is -1.36. The summed E-state index contributed by atoms with van der Waals surface area (Å²) in [4.78, 5) is 7.39. The summed E-state index contributed by atoms with van der Waals surface area (Å²) in [5.41, 5.74) is -1.01. The van der Waals surface area contributed by atoms with Crippen molar-refractivity contribution in [2.75, 3.05) is 13.1 Å². The minimum Gasteiger partial charge on any atom is -0.459 e. The zero-order valence-electron chi connectivity index (χ0n) is 13.9. The number of nitrogens with zero attached hydrogens (tertiary/aromatic N) is 3. The van der Waals surface area contributed by atoms with E-state index in [0.717, 1.165) is 22.5 Å². The highest BCUT2D eigenvalue weighted by molar-refractivity contribution is 7.89. The van der Waals surface area contributed by atoms with E-state index in [2.05, 4.69) is 9.97 Å². The topological polar surface area (TPSA) is 72.4 Å². The third kappa shape index (κ3) is 4.69. The molecule has 1 aliphatic rings. The Kier molecular flexibility index (Phi) is 5.59. The van der Waals surface area contributed by atoms with Crippen molar-refractivity contribution in [3.63, 3.8) is 0 Å². The summed E-state index contributed by atoms with van der Waals surface area (Å²) in [6.45, 7) is 0.185. The highest BCUT2D eigenvalue weighted by Gasteiger charge is 2.35. The molecule has 1 saturated heterocycles. The number of hydrogen-bond acceptors (Lipinski definition) is 5. The quantitative estimate of drug-likeness (QED) is 0.756. The highest BCUT2D eigenvalue weighted by atomic mass is 35.5. The van der Waals surface area contributed by atoms with Crippen molar-refractivity contribution in [1.82, 2.24) is 14.3 Å². The van der Waals surface area contributed by atoms with Gasteiger partial charge in [-0.05, 0) is 31.0 Å². The largest absolute Gasteiger partial charge is 0.459 e. The van der Waals surface area contributed by atoms with Gasteiger partial charge in [-0.15, -0.1) is 0 Å². The standard InChI is InChI=1S/C16H15ClF3N3O3S/c17-12-8-21-15(22-9-12)26-13-4-2-6-23(10-13)27(24,25)14-5-1-3-11(7-14)16(18,19)20/h1,3,5,7-9,13H,2,4,6,10H2. The molecule has 0 saturated carbocycles. The normalized spacial score (nSPS) is 19.0. The van der Waals surface area contributed by atoms with Gasteiger partial charge in [-0.2, -0.15) is 17.5 Å². The minimum atomic E-state index is -4.62. The average Bonchev–Trinajstić information content (AvgIpc) is 2.63. The van der Waals surface area contributed by atoms with Crippen LogP contribution in [0.25, 0.3) is 0 Å². The van der Waals surface area contributed by atoms with Gasteiger partial charge in [-0.25, -0.2) is 18.4 Å². The molecular formula is C16H15ClF3N3O3S. The SMILES string of the molecule is O=S(=O)(c1cccc(C(F)(F)F)c1)N1CCCC(Oc2ncc(Cl)cn2)C1. The Hall–Kier alpha value is -1.91. The van der Waals surface area contributed by atoms with E-state index in [4.69, 9.17) is 16.3 Å². The van der Waals surface area contributed by atoms with E-state index >= 15 is 0 Å². The van der Waals surface area contributed by atoms with E-state index < -0.39 is 32.8 Å². The van der Waals surface area contributed by atoms with Crippen LogP contribution in [0.1, 0.15) is 18.4 Å². The van der Waals surface area contributed by atoms with Crippen LogP contribution in [0, 0.1) is 0 Å². The van der Waals surface area contributed by atoms with Crippen molar-refractivity contribution in [2.24, 2.45) is 0 Å². The summed E-state index contributed by atoms with van der Waals surface area (Å²) in [7, 11) is -4.09. The fourth-order valence-electron chi connectivity index (χ4n) is 2.71. The van der Waals surface area contributed by atoms with Crippen LogP contribution in [0.2, 0.25) is 5.02 Å². The molecule has 2 aromatic rings. The van der Waals surface area contributed by atoms with Crippen LogP contribution in [0.3, 0.4) is 0 Å². The van der Waals surface area contributed by atoms with Crippen molar-refractivity contribution in [2.45, 2.75) is 30.0 Å². The minimum absolute atomic E-state index is 0.00936. The molecule has 1 aromatic carbocycles. The van der Waals surface area contributed by atoms with Gasteiger partial charge in [0.25, 0.3) is 0 Å². The molecule has 0 spiro atoms. The molecule has 0 aliphatic carbocycles. The lowest BCUT2D eigenvalue weighted by Gasteiger charge is -2.31. The van der Waals surface area contributed by atoms with E-state index in [-0.39, 0.29) is 19.1 Å². The number of halogens is 4. The molecule has 2 heterocycles. The molecule has 1 fully saturated rings. The van der Waals surface area contributed by atoms with Crippen molar-refractivity contribution in [1.29, 1.82) is 0 Å². The second-order valence-corrected chi connectivity index (χ2v) is 8.33. The molecule has 1 aromatic heterocycles. The van der Waals surface area contributed by atoms with Crippen LogP contribution in [-0.2, 0) is 16.2 Å². The molecule has 1 unspecified atom stereocenters. The Balaban J connectivity index is 1.77. The first-order valence-corrected chi connectivity index (χ1v) is 9.80. The number of hydrogen-bond donors (Lipinski definition) is 0. The van der Waals surface area contributed by atoms with Crippen LogP contribution < -0.4 is 4.74 Å². The lowest BCUT2D eigenvalue weighted by Crippen LogP contribution is -2.44. The van der Waals surface area contributed by atoms with Gasteiger partial charge in [0.15, 0.2) is 0 Å². The van der Waals surface area contributed by atoms with Gasteiger partial charge < -0.3 is 4.74 Å². The third-order valence-corrected chi connectivity index (χ3v) is 6.07. The molecule has 0 radical (unpaired) electrons. The smallest absolute Gasteiger partial charge is 0.416 e. The molecule has 3 rings (SSSR count). The van der Waals surface area contributed by atoms with Crippen LogP contribution >= 0.6 is 11.6 Å². The van der Waals surface area contributed by atoms with Crippen LogP contribution in [-0.4, -0.2) is 41.9 Å². The average molecular weight is 422 g/mol. The molecule has 146 valence electrons. The molecule has 1 atom stereocenters. The lowest BCUT2D eigenvalue weighted by atomic mass is 10.1. The summed E-state index contributed by atoms with van der Waals surface area (Å²) in [5.74, 6) is 0. The van der Waals surface area contributed by atoms with Gasteiger partial charge in [0.05, 0.1) is 34.4 Å². The summed E-state index contributed by atoms with van der Waals surface area (Å²) in [5, 5.41) is 0.333. The molecule has 27 heavy (non-hydrogen) atoms. The Morgan fingerprint density at radius 2 is 1.93 bits per heavy atom. The molecule has 0 N–H and O–H groups in total. The van der Waals surface area contributed by atoms with E-state index in [1.807, 2.05) is 0 Å². The zero-order valence-corrected chi connectivity index (χ0v) is 15.4. The van der Waals surface area contributed by atoms with Crippen LogP contribution in [0.15, 0.2) is 41.6 Å². The second-order valence-electron chi connectivity index (χ2n) is 5.95. The number of sulfonamides is 1. The summed E-state index contributed by atoms with van der Waals surface area (Å²) < 4.78 is 70.9. The number of benzene rings is 1. The van der Waals surface area contributed by atoms with E-state index in [1.165, 1.54) is 12.4 Å². The molecular weight excluding hydrogens is 407 g/mol. The first-order valence-electron chi connectivity index (χ1n) is 7.98. The van der Waals surface area contributed by atoms with Crippen LogP contribution in [0.5, 0.6) is 6.01 Å². The van der Waals surface area contributed by atoms with Gasteiger partial charge in [-0.3, -0.25) is 0 Å². The molecule has 11 heteroatoms. The second kappa shape index (κ2) is 7.61. The van der Waals surface area contributed by atoms with Crippen molar-refractivity contribution in [3.8, 4) is 6.01 Å². The molecule has 0 amide bonds. The van der Waals surface area contributed by atoms with Crippen molar-refractivity contribution < 1.29 is 26.3 Å². The maximum Gasteiger partial charge on any atom is 0.416 e. The van der Waals surface area contributed by atoms with Crippen molar-refractivity contribution in [3.05, 3.63) is 47.2 Å². The maximum absolute atomic E-state index is 12.9. The zero-order chi connectivity index (χ0) is 19.7. The Morgan fingerprint density at radius 1 is 1.22 bits per heavy atom. The monoisotopic (exact) mass is 421 g/mol. The maximum atomic E-state index is 12.9. The predicted octanol–water partition coefficient (Wildman–Crippen LogP) is 3.38. The predicted molar refractivity (Wildman–Crippen MR) is 90.9 cm³/mol. The van der Waals surface area contributed by atoms with Gasteiger partial charge in [0, 0.05) is 6.54 Å². The summed E-state index contributed by atoms with van der Waals surface area (Å²) >= 11 is 5.70. The van der Waals surface area contributed by atoms with Gasteiger partial charge in [0.2, 0.25) is 10.0 Å². The highest BCUT2D eigenvalue weighted by Crippen LogP contribution is 2.31. The molecule has 6 nitrogen and oxygen atoms in total. The van der Waals surface area contributed by atoms with E-state index in [1.54, 1.807) is 0 Å². The molecule has 0 bridgehead atoms. The third-order valence-electron chi connectivity index (χ3n) is 4.01. The van der Waals surface area contributed by atoms with E-state index in [9.17, 15) is 21.6 Å². The van der Waals surface area contributed by atoms with Crippen LogP contribution in [0.4, 0.5) is 13.2 Å². The number of aromatic nitrogens is 2. The fourth-order valence-corrected chi connectivity index (χ4v) is 4.37. The number of ether oxygens (including phenoxy) is 1. The van der Waals surface area contributed by atoms with Gasteiger partial charge in [-0.1, -0.05) is 17.7 Å². The first-order chi connectivity index (χ1) is 12.7. The first kappa shape index (κ1) is 19.8.